The Kier molecular flexibility index (Phi) is 3.88. The molecule has 0 aromatic heterocycles. The summed E-state index contributed by atoms with van der Waals surface area (Å²) < 4.78 is 12.4. The summed E-state index contributed by atoms with van der Waals surface area (Å²) in [7, 11) is 5.74. The third-order valence-corrected chi connectivity index (χ3v) is 7.96. The van der Waals surface area contributed by atoms with Gasteiger partial charge in [0.1, 0.15) is 7.85 Å². The molecule has 0 heterocycles. The van der Waals surface area contributed by atoms with Crippen LogP contribution in [0, 0.1) is 23.2 Å². The van der Waals surface area contributed by atoms with Gasteiger partial charge in [0.25, 0.3) is 0 Å². The number of hydrogen-bond acceptors (Lipinski definition) is 2. The smallest absolute Gasteiger partial charge is 0.200 e. The zero-order valence-electron chi connectivity index (χ0n) is 15.3. The summed E-state index contributed by atoms with van der Waals surface area (Å²) in [6.45, 7) is 2.40. The van der Waals surface area contributed by atoms with Gasteiger partial charge in [-0.15, -0.1) is 11.6 Å². The molecule has 24 heavy (non-hydrogen) atoms. The summed E-state index contributed by atoms with van der Waals surface area (Å²) in [6.07, 6.45) is 5.93. The molecular formula is C20H28BClO2. The summed E-state index contributed by atoms with van der Waals surface area (Å²) in [5.41, 5.74) is 2.35. The molecule has 4 heteroatoms. The molecular weight excluding hydrogens is 318 g/mol. The van der Waals surface area contributed by atoms with E-state index in [1.165, 1.54) is 24.7 Å². The lowest BCUT2D eigenvalue weighted by Crippen LogP contribution is -2.65. The molecule has 1 aromatic rings. The second-order valence-electron chi connectivity index (χ2n) is 8.67. The van der Waals surface area contributed by atoms with Crippen LogP contribution in [0.25, 0.3) is 0 Å². The van der Waals surface area contributed by atoms with E-state index in [1.54, 1.807) is 14.2 Å². The minimum atomic E-state index is -0.700. The summed E-state index contributed by atoms with van der Waals surface area (Å²) in [4.78, 5) is 0.0236. The lowest BCUT2D eigenvalue weighted by atomic mass is 9.43. The number of rotatable bonds is 4. The van der Waals surface area contributed by atoms with E-state index < -0.39 is 5.79 Å². The van der Waals surface area contributed by atoms with Gasteiger partial charge >= 0.3 is 0 Å². The van der Waals surface area contributed by atoms with Gasteiger partial charge in [-0.1, -0.05) is 36.7 Å². The second-order valence-corrected chi connectivity index (χ2v) is 9.47. The van der Waals surface area contributed by atoms with Crippen molar-refractivity contribution >= 4 is 24.9 Å². The first-order valence-corrected chi connectivity index (χ1v) is 9.61. The molecule has 0 amide bonds. The third-order valence-electron chi connectivity index (χ3n) is 7.49. The first kappa shape index (κ1) is 16.9. The van der Waals surface area contributed by atoms with Crippen LogP contribution in [-0.4, -0.2) is 26.9 Å². The number of hydrogen-bond donors (Lipinski definition) is 0. The molecule has 4 bridgehead atoms. The lowest BCUT2D eigenvalue weighted by molar-refractivity contribution is -0.334. The van der Waals surface area contributed by atoms with Crippen molar-refractivity contribution in [2.45, 2.75) is 49.7 Å². The van der Waals surface area contributed by atoms with Crippen LogP contribution in [0.2, 0.25) is 0 Å². The summed E-state index contributed by atoms with van der Waals surface area (Å²) in [5.74, 6) is 1.20. The van der Waals surface area contributed by atoms with Crippen molar-refractivity contribution in [2.24, 2.45) is 23.2 Å². The number of benzene rings is 1. The Balaban J connectivity index is 1.84. The molecule has 1 aromatic carbocycles. The van der Waals surface area contributed by atoms with Gasteiger partial charge in [0, 0.05) is 30.1 Å². The molecule has 4 fully saturated rings. The van der Waals surface area contributed by atoms with E-state index in [2.05, 4.69) is 39.0 Å². The Morgan fingerprint density at radius 2 is 1.75 bits per heavy atom. The molecule has 4 saturated carbocycles. The minimum Gasteiger partial charge on any atom is -0.349 e. The van der Waals surface area contributed by atoms with Gasteiger partial charge in [-0.25, -0.2) is 0 Å². The van der Waals surface area contributed by atoms with Crippen molar-refractivity contribution < 1.29 is 9.47 Å². The Hall–Kier alpha value is -0.505. The van der Waals surface area contributed by atoms with Gasteiger partial charge in [0.05, 0.1) is 0 Å². The fourth-order valence-corrected chi connectivity index (χ4v) is 7.18. The molecule has 0 spiro atoms. The molecule has 4 aliphatic carbocycles. The van der Waals surface area contributed by atoms with Gasteiger partial charge < -0.3 is 9.47 Å². The van der Waals surface area contributed by atoms with Crippen molar-refractivity contribution in [3.63, 3.8) is 0 Å². The topological polar surface area (TPSA) is 18.5 Å². The van der Waals surface area contributed by atoms with Crippen molar-refractivity contribution in [3.05, 3.63) is 29.8 Å². The second kappa shape index (κ2) is 5.49. The highest BCUT2D eigenvalue weighted by atomic mass is 35.5. The fourth-order valence-electron chi connectivity index (χ4n) is 6.59. The quantitative estimate of drug-likeness (QED) is 0.473. The molecule has 2 unspecified atom stereocenters. The fraction of sp³-hybridized carbons (Fsp3) is 0.700. The van der Waals surface area contributed by atoms with Crippen LogP contribution in [-0.2, 0) is 15.3 Å². The van der Waals surface area contributed by atoms with Crippen molar-refractivity contribution in [1.82, 2.24) is 0 Å². The van der Waals surface area contributed by atoms with Crippen LogP contribution in [0.1, 0.15) is 44.6 Å². The summed E-state index contributed by atoms with van der Waals surface area (Å²) >= 11 is 6.98. The molecule has 2 nitrogen and oxygen atoms in total. The van der Waals surface area contributed by atoms with Crippen molar-refractivity contribution in [3.8, 4) is 0 Å². The Labute approximate surface area is 151 Å². The maximum absolute atomic E-state index is 6.98. The standard InChI is InChI=1S/C20H28BClO2/c1-18(15-7-13-8-16(18)12-19(22,10-13)11-15)20(23-2,24-3)14-5-4-6-17(21)9-14/h4-6,9,13,15-16H,7-8,10-12,21H2,1-3H3. The molecule has 0 aliphatic heterocycles. The SMILES string of the molecule is Bc1cccc(C(OC)(OC)C2(C)C3CC4CC2CC(Cl)(C4)C3)c1. The van der Waals surface area contributed by atoms with Gasteiger partial charge in [0.15, 0.2) is 5.79 Å². The van der Waals surface area contributed by atoms with Crippen molar-refractivity contribution in [2.75, 3.05) is 14.2 Å². The van der Waals surface area contributed by atoms with Crippen LogP contribution in [0.4, 0.5) is 0 Å². The van der Waals surface area contributed by atoms with Gasteiger partial charge in [-0.2, -0.15) is 0 Å². The molecule has 0 saturated heterocycles. The van der Waals surface area contributed by atoms with Crippen molar-refractivity contribution in [1.29, 1.82) is 0 Å². The largest absolute Gasteiger partial charge is 0.349 e. The molecule has 5 rings (SSSR count). The van der Waals surface area contributed by atoms with E-state index in [-0.39, 0.29) is 10.3 Å². The molecule has 130 valence electrons. The molecule has 0 radical (unpaired) electrons. The summed E-state index contributed by atoms with van der Waals surface area (Å²) in [6, 6.07) is 8.62. The van der Waals surface area contributed by atoms with Gasteiger partial charge in [0.2, 0.25) is 0 Å². The highest BCUT2D eigenvalue weighted by Crippen LogP contribution is 2.70. The minimum absolute atomic E-state index is 0.0236. The van der Waals surface area contributed by atoms with Gasteiger partial charge in [-0.3, -0.25) is 0 Å². The predicted octanol–water partition coefficient (Wildman–Crippen LogP) is 3.21. The first-order valence-electron chi connectivity index (χ1n) is 9.23. The van der Waals surface area contributed by atoms with E-state index >= 15 is 0 Å². The normalized spacial score (nSPS) is 40.9. The maximum Gasteiger partial charge on any atom is 0.200 e. The Morgan fingerprint density at radius 1 is 1.12 bits per heavy atom. The van der Waals surface area contributed by atoms with E-state index in [4.69, 9.17) is 21.1 Å². The highest BCUT2D eigenvalue weighted by Gasteiger charge is 2.67. The van der Waals surface area contributed by atoms with E-state index in [9.17, 15) is 0 Å². The molecule has 0 N–H and O–H groups in total. The predicted molar refractivity (Wildman–Crippen MR) is 101 cm³/mol. The third kappa shape index (κ3) is 2.10. The first-order chi connectivity index (χ1) is 11.4. The van der Waals surface area contributed by atoms with Crippen LogP contribution in [0.5, 0.6) is 0 Å². The number of halogens is 1. The maximum atomic E-state index is 6.98. The Bertz CT molecular complexity index is 626. The average Bonchev–Trinajstić information content (AvgIpc) is 2.53. The van der Waals surface area contributed by atoms with Crippen LogP contribution < -0.4 is 5.46 Å². The Morgan fingerprint density at radius 3 is 2.25 bits per heavy atom. The van der Waals surface area contributed by atoms with Gasteiger partial charge in [-0.05, 0) is 49.9 Å². The van der Waals surface area contributed by atoms with E-state index in [0.29, 0.717) is 11.8 Å². The average molecular weight is 347 g/mol. The van der Waals surface area contributed by atoms with E-state index in [0.717, 1.165) is 24.3 Å². The number of ether oxygens (including phenoxy) is 2. The zero-order valence-corrected chi connectivity index (χ0v) is 16.0. The van der Waals surface area contributed by atoms with E-state index in [1.807, 2.05) is 0 Å². The monoisotopic (exact) mass is 346 g/mol. The molecule has 4 aliphatic rings. The lowest BCUT2D eigenvalue weighted by Gasteiger charge is -2.67. The molecule has 2 atom stereocenters. The van der Waals surface area contributed by atoms with Crippen LogP contribution in [0.15, 0.2) is 24.3 Å². The summed E-state index contributed by atoms with van der Waals surface area (Å²) in [5, 5.41) is 0. The highest BCUT2D eigenvalue weighted by molar-refractivity contribution is 6.32. The zero-order chi connectivity index (χ0) is 17.2. The number of alkyl halides is 1. The number of methoxy groups -OCH3 is 2. The van der Waals surface area contributed by atoms with Crippen LogP contribution >= 0.6 is 11.6 Å². The van der Waals surface area contributed by atoms with Crippen LogP contribution in [0.3, 0.4) is 0 Å².